The molecule has 18 heavy (non-hydrogen) atoms. The summed E-state index contributed by atoms with van der Waals surface area (Å²) >= 11 is 0. The van der Waals surface area contributed by atoms with Crippen LogP contribution in [0.25, 0.3) is 0 Å². The van der Waals surface area contributed by atoms with Gasteiger partial charge in [0.05, 0.1) is 0 Å². The number of benzene rings is 1. The second kappa shape index (κ2) is 5.94. The number of rotatable bonds is 5. The number of Topliss-reactive ketones (excluding diaryl/α,β-unsaturated/α-hetero) is 2. The number of ketones is 2. The van der Waals surface area contributed by atoms with Crippen LogP contribution >= 0.6 is 0 Å². The fourth-order valence-electron chi connectivity index (χ4n) is 1.85. The van der Waals surface area contributed by atoms with Crippen molar-refractivity contribution in [3.63, 3.8) is 0 Å². The van der Waals surface area contributed by atoms with E-state index in [1.54, 1.807) is 6.07 Å². The summed E-state index contributed by atoms with van der Waals surface area (Å²) in [5.41, 5.74) is 2.37. The highest BCUT2D eigenvalue weighted by Crippen LogP contribution is 2.17. The van der Waals surface area contributed by atoms with E-state index in [0.717, 1.165) is 12.0 Å². The van der Waals surface area contributed by atoms with E-state index in [1.807, 2.05) is 46.8 Å². The minimum Gasteiger partial charge on any atom is -0.294 e. The van der Waals surface area contributed by atoms with E-state index in [0.29, 0.717) is 11.1 Å². The van der Waals surface area contributed by atoms with Crippen LogP contribution in [0.4, 0.5) is 0 Å². The summed E-state index contributed by atoms with van der Waals surface area (Å²) in [5, 5.41) is 0. The number of hydrogen-bond donors (Lipinski definition) is 0. The molecule has 0 spiro atoms. The van der Waals surface area contributed by atoms with Crippen molar-refractivity contribution in [3.05, 3.63) is 34.9 Å². The maximum absolute atomic E-state index is 12.0. The molecule has 0 N–H and O–H groups in total. The fraction of sp³-hybridized carbons (Fsp3) is 0.500. The van der Waals surface area contributed by atoms with Gasteiger partial charge in [-0.05, 0) is 30.2 Å². The third-order valence-corrected chi connectivity index (χ3v) is 3.02. The minimum absolute atomic E-state index is 0.0425. The lowest BCUT2D eigenvalue weighted by Crippen LogP contribution is -2.12. The molecule has 98 valence electrons. The Kier molecular flexibility index (Phi) is 4.83. The molecule has 0 bridgehead atoms. The van der Waals surface area contributed by atoms with Crippen molar-refractivity contribution < 1.29 is 9.59 Å². The monoisotopic (exact) mass is 246 g/mol. The summed E-state index contributed by atoms with van der Waals surface area (Å²) in [4.78, 5) is 24.1. The van der Waals surface area contributed by atoms with Gasteiger partial charge in [0.1, 0.15) is 0 Å². The van der Waals surface area contributed by atoms with Crippen LogP contribution in [-0.2, 0) is 6.42 Å². The summed E-state index contributed by atoms with van der Waals surface area (Å²) in [6.07, 6.45) is 0.831. The molecule has 0 saturated heterocycles. The van der Waals surface area contributed by atoms with Gasteiger partial charge in [0.2, 0.25) is 0 Å². The van der Waals surface area contributed by atoms with Gasteiger partial charge in [-0.1, -0.05) is 34.6 Å². The third-order valence-electron chi connectivity index (χ3n) is 3.02. The fourth-order valence-corrected chi connectivity index (χ4v) is 1.85. The summed E-state index contributed by atoms with van der Waals surface area (Å²) in [7, 11) is 0. The molecule has 1 aromatic rings. The number of hydrogen-bond acceptors (Lipinski definition) is 2. The van der Waals surface area contributed by atoms with E-state index >= 15 is 0 Å². The van der Waals surface area contributed by atoms with E-state index in [9.17, 15) is 9.59 Å². The lowest BCUT2D eigenvalue weighted by molar-refractivity contribution is 0.0939. The first kappa shape index (κ1) is 14.6. The molecular weight excluding hydrogens is 224 g/mol. The molecule has 0 saturated carbocycles. The molecule has 0 aliphatic carbocycles. The quantitative estimate of drug-likeness (QED) is 0.738. The second-order valence-corrected chi connectivity index (χ2v) is 5.31. The standard InChI is InChI=1S/C16H22O2/c1-6-12-7-13(15(17)10(2)3)9-14(8-12)16(18)11(4)5/h7-11H,6H2,1-5H3. The van der Waals surface area contributed by atoms with Gasteiger partial charge in [-0.15, -0.1) is 0 Å². The van der Waals surface area contributed by atoms with Crippen molar-refractivity contribution >= 4 is 11.6 Å². The van der Waals surface area contributed by atoms with Crippen LogP contribution in [0.3, 0.4) is 0 Å². The molecule has 1 aromatic carbocycles. The first-order valence-electron chi connectivity index (χ1n) is 6.59. The SMILES string of the molecule is CCc1cc(C(=O)C(C)C)cc(C(=O)C(C)C)c1. The van der Waals surface area contributed by atoms with Crippen molar-refractivity contribution in [2.45, 2.75) is 41.0 Å². The molecule has 0 unspecified atom stereocenters. The van der Waals surface area contributed by atoms with E-state index in [2.05, 4.69) is 0 Å². The van der Waals surface area contributed by atoms with E-state index in [4.69, 9.17) is 0 Å². The molecule has 0 aliphatic heterocycles. The first-order chi connectivity index (χ1) is 8.36. The maximum Gasteiger partial charge on any atom is 0.165 e. The van der Waals surface area contributed by atoms with Crippen LogP contribution in [0.2, 0.25) is 0 Å². The molecular formula is C16H22O2. The van der Waals surface area contributed by atoms with Gasteiger partial charge >= 0.3 is 0 Å². The Hall–Kier alpha value is -1.44. The van der Waals surface area contributed by atoms with E-state index < -0.39 is 0 Å². The Balaban J connectivity index is 3.26. The summed E-state index contributed by atoms with van der Waals surface area (Å²) in [5.74, 6) is 0.115. The Morgan fingerprint density at radius 3 is 1.56 bits per heavy atom. The lowest BCUT2D eigenvalue weighted by atomic mass is 9.92. The van der Waals surface area contributed by atoms with Crippen LogP contribution < -0.4 is 0 Å². The predicted octanol–water partition coefficient (Wildman–Crippen LogP) is 3.93. The average Bonchev–Trinajstić information content (AvgIpc) is 2.35. The van der Waals surface area contributed by atoms with Gasteiger partial charge in [0.25, 0.3) is 0 Å². The summed E-state index contributed by atoms with van der Waals surface area (Å²) in [6.45, 7) is 9.55. The topological polar surface area (TPSA) is 34.1 Å². The normalized spacial score (nSPS) is 11.1. The van der Waals surface area contributed by atoms with Crippen molar-refractivity contribution in [2.75, 3.05) is 0 Å². The molecule has 2 heteroatoms. The van der Waals surface area contributed by atoms with Gasteiger partial charge in [0, 0.05) is 23.0 Å². The molecule has 0 atom stereocenters. The van der Waals surface area contributed by atoms with E-state index in [1.165, 1.54) is 0 Å². The van der Waals surface area contributed by atoms with Gasteiger partial charge in [-0.2, -0.15) is 0 Å². The van der Waals surface area contributed by atoms with Crippen molar-refractivity contribution in [1.82, 2.24) is 0 Å². The van der Waals surface area contributed by atoms with Crippen molar-refractivity contribution in [3.8, 4) is 0 Å². The second-order valence-electron chi connectivity index (χ2n) is 5.31. The lowest BCUT2D eigenvalue weighted by Gasteiger charge is -2.11. The maximum atomic E-state index is 12.0. The highest BCUT2D eigenvalue weighted by molar-refractivity contribution is 6.02. The average molecular weight is 246 g/mol. The zero-order valence-electron chi connectivity index (χ0n) is 11.9. The van der Waals surface area contributed by atoms with Gasteiger partial charge in [0.15, 0.2) is 11.6 Å². The van der Waals surface area contributed by atoms with E-state index in [-0.39, 0.29) is 23.4 Å². The summed E-state index contributed by atoms with van der Waals surface area (Å²) in [6, 6.07) is 5.54. The first-order valence-corrected chi connectivity index (χ1v) is 6.59. The Labute approximate surface area is 109 Å². The van der Waals surface area contributed by atoms with Crippen LogP contribution in [0.1, 0.15) is 60.9 Å². The molecule has 0 aromatic heterocycles. The smallest absolute Gasteiger partial charge is 0.165 e. The van der Waals surface area contributed by atoms with Crippen LogP contribution in [0.15, 0.2) is 18.2 Å². The molecule has 0 fully saturated rings. The predicted molar refractivity (Wildman–Crippen MR) is 74.2 cm³/mol. The van der Waals surface area contributed by atoms with Crippen LogP contribution in [0.5, 0.6) is 0 Å². The van der Waals surface area contributed by atoms with Crippen LogP contribution in [0, 0.1) is 11.8 Å². The van der Waals surface area contributed by atoms with Gasteiger partial charge < -0.3 is 0 Å². The zero-order chi connectivity index (χ0) is 13.9. The highest BCUT2D eigenvalue weighted by atomic mass is 16.1. The Bertz CT molecular complexity index is 418. The highest BCUT2D eigenvalue weighted by Gasteiger charge is 2.16. The third kappa shape index (κ3) is 3.28. The number of carbonyl (C=O) groups excluding carboxylic acids is 2. The van der Waals surface area contributed by atoms with Gasteiger partial charge in [-0.25, -0.2) is 0 Å². The van der Waals surface area contributed by atoms with Crippen LogP contribution in [-0.4, -0.2) is 11.6 Å². The Morgan fingerprint density at radius 2 is 1.28 bits per heavy atom. The molecule has 2 nitrogen and oxygen atoms in total. The number of aryl methyl sites for hydroxylation is 1. The summed E-state index contributed by atoms with van der Waals surface area (Å²) < 4.78 is 0. The molecule has 0 aliphatic rings. The molecule has 0 amide bonds. The van der Waals surface area contributed by atoms with Gasteiger partial charge in [-0.3, -0.25) is 9.59 Å². The zero-order valence-corrected chi connectivity index (χ0v) is 11.9. The largest absolute Gasteiger partial charge is 0.294 e. The number of carbonyl (C=O) groups is 2. The molecule has 1 rings (SSSR count). The molecule has 0 heterocycles. The molecule has 0 radical (unpaired) electrons. The minimum atomic E-state index is -0.0425. The van der Waals surface area contributed by atoms with Crippen molar-refractivity contribution in [1.29, 1.82) is 0 Å². The Morgan fingerprint density at radius 1 is 0.889 bits per heavy atom. The van der Waals surface area contributed by atoms with Crippen molar-refractivity contribution in [2.24, 2.45) is 11.8 Å².